The van der Waals surface area contributed by atoms with Crippen molar-refractivity contribution in [3.05, 3.63) is 41.7 Å². The van der Waals surface area contributed by atoms with Crippen LogP contribution in [0.2, 0.25) is 0 Å². The lowest BCUT2D eigenvalue weighted by atomic mass is 9.90. The third-order valence-electron chi connectivity index (χ3n) is 4.70. The van der Waals surface area contributed by atoms with Gasteiger partial charge in [0, 0.05) is 36.7 Å². The van der Waals surface area contributed by atoms with Crippen molar-refractivity contribution in [2.45, 2.75) is 37.8 Å². The SMILES string of the molecule is O=C(CCC(F)(F)F)N1CCCC(c2[nH]ncc2-c2ccc(F)c(F)c2)C1. The molecule has 1 atom stereocenters. The summed E-state index contributed by atoms with van der Waals surface area (Å²) in [7, 11) is 0. The van der Waals surface area contributed by atoms with Gasteiger partial charge in [-0.05, 0) is 30.5 Å². The molecule has 2 aromatic rings. The number of rotatable bonds is 4. The van der Waals surface area contributed by atoms with Crippen LogP contribution in [0.15, 0.2) is 24.4 Å². The zero-order chi connectivity index (χ0) is 19.6. The Morgan fingerprint density at radius 3 is 2.74 bits per heavy atom. The van der Waals surface area contributed by atoms with E-state index in [1.165, 1.54) is 17.2 Å². The molecule has 1 aromatic heterocycles. The summed E-state index contributed by atoms with van der Waals surface area (Å²) >= 11 is 0. The number of nitrogens with one attached hydrogen (secondary N) is 1. The van der Waals surface area contributed by atoms with Gasteiger partial charge in [-0.15, -0.1) is 0 Å². The Balaban J connectivity index is 1.75. The van der Waals surface area contributed by atoms with Gasteiger partial charge in [0.25, 0.3) is 0 Å². The predicted octanol–water partition coefficient (Wildman–Crippen LogP) is 4.40. The summed E-state index contributed by atoms with van der Waals surface area (Å²) in [5.74, 6) is -2.64. The van der Waals surface area contributed by atoms with Gasteiger partial charge in [0.15, 0.2) is 11.6 Å². The van der Waals surface area contributed by atoms with Gasteiger partial charge in [0.05, 0.1) is 12.6 Å². The fourth-order valence-electron chi connectivity index (χ4n) is 3.35. The molecule has 1 fully saturated rings. The highest BCUT2D eigenvalue weighted by Crippen LogP contribution is 2.34. The van der Waals surface area contributed by atoms with E-state index in [2.05, 4.69) is 10.2 Å². The molecule has 146 valence electrons. The van der Waals surface area contributed by atoms with E-state index >= 15 is 0 Å². The van der Waals surface area contributed by atoms with Crippen molar-refractivity contribution < 1.29 is 26.7 Å². The third kappa shape index (κ3) is 4.64. The van der Waals surface area contributed by atoms with Crippen LogP contribution >= 0.6 is 0 Å². The number of halogens is 5. The molecule has 0 saturated carbocycles. The first kappa shape index (κ1) is 19.3. The smallest absolute Gasteiger partial charge is 0.342 e. The first-order valence-electron chi connectivity index (χ1n) is 8.58. The van der Waals surface area contributed by atoms with Crippen molar-refractivity contribution in [1.82, 2.24) is 15.1 Å². The van der Waals surface area contributed by atoms with Gasteiger partial charge < -0.3 is 4.90 Å². The summed E-state index contributed by atoms with van der Waals surface area (Å²) in [6.45, 7) is 0.664. The number of likely N-dealkylation sites (tertiary alicyclic amines) is 1. The Morgan fingerprint density at radius 1 is 1.26 bits per heavy atom. The number of carbonyl (C=O) groups is 1. The van der Waals surface area contributed by atoms with Crippen LogP contribution in [0.25, 0.3) is 11.1 Å². The summed E-state index contributed by atoms with van der Waals surface area (Å²) < 4.78 is 63.7. The number of aromatic amines is 1. The summed E-state index contributed by atoms with van der Waals surface area (Å²) in [5.41, 5.74) is 1.69. The Hall–Kier alpha value is -2.45. The highest BCUT2D eigenvalue weighted by molar-refractivity contribution is 5.76. The summed E-state index contributed by atoms with van der Waals surface area (Å²) in [4.78, 5) is 13.5. The zero-order valence-electron chi connectivity index (χ0n) is 14.3. The van der Waals surface area contributed by atoms with Crippen molar-refractivity contribution in [1.29, 1.82) is 0 Å². The normalized spacial score (nSPS) is 18.0. The van der Waals surface area contributed by atoms with Gasteiger partial charge in [0.1, 0.15) is 0 Å². The second-order valence-corrected chi connectivity index (χ2v) is 6.62. The third-order valence-corrected chi connectivity index (χ3v) is 4.70. The van der Waals surface area contributed by atoms with E-state index in [-0.39, 0.29) is 12.5 Å². The molecule has 1 N–H and O–H groups in total. The average Bonchev–Trinajstić information content (AvgIpc) is 3.11. The Labute approximate surface area is 152 Å². The van der Waals surface area contributed by atoms with E-state index in [1.807, 2.05) is 0 Å². The number of nitrogens with zero attached hydrogens (tertiary/aromatic N) is 2. The Bertz CT molecular complexity index is 818. The van der Waals surface area contributed by atoms with E-state index < -0.39 is 36.6 Å². The minimum atomic E-state index is -4.37. The van der Waals surface area contributed by atoms with Gasteiger partial charge in [-0.3, -0.25) is 9.89 Å². The Kier molecular flexibility index (Phi) is 5.48. The van der Waals surface area contributed by atoms with Crippen LogP contribution in [-0.2, 0) is 4.79 Å². The second-order valence-electron chi connectivity index (χ2n) is 6.62. The van der Waals surface area contributed by atoms with Gasteiger partial charge in [-0.2, -0.15) is 18.3 Å². The number of carbonyl (C=O) groups excluding carboxylic acids is 1. The maximum absolute atomic E-state index is 13.5. The number of hydrogen-bond donors (Lipinski definition) is 1. The maximum atomic E-state index is 13.5. The van der Waals surface area contributed by atoms with E-state index in [9.17, 15) is 26.7 Å². The van der Waals surface area contributed by atoms with E-state index in [0.717, 1.165) is 12.1 Å². The molecule has 2 heterocycles. The standard InChI is InChI=1S/C18H18F5N3O/c19-14-4-3-11(8-15(14)20)13-9-24-25-17(13)12-2-1-7-26(10-12)16(27)5-6-18(21,22)23/h3-4,8-9,12H,1-2,5-7,10H2,(H,24,25). The van der Waals surface area contributed by atoms with Crippen LogP contribution in [0.5, 0.6) is 0 Å². The van der Waals surface area contributed by atoms with E-state index in [0.29, 0.717) is 36.2 Å². The number of alkyl halides is 3. The highest BCUT2D eigenvalue weighted by atomic mass is 19.4. The highest BCUT2D eigenvalue weighted by Gasteiger charge is 2.32. The van der Waals surface area contributed by atoms with Gasteiger partial charge in [-0.25, -0.2) is 8.78 Å². The van der Waals surface area contributed by atoms with E-state index in [1.54, 1.807) is 0 Å². The number of amides is 1. The minimum absolute atomic E-state index is 0.167. The number of piperidine rings is 1. The van der Waals surface area contributed by atoms with Crippen LogP contribution in [0.3, 0.4) is 0 Å². The van der Waals surface area contributed by atoms with Crippen LogP contribution < -0.4 is 0 Å². The molecule has 1 aliphatic heterocycles. The van der Waals surface area contributed by atoms with Crippen molar-refractivity contribution in [2.75, 3.05) is 13.1 Å². The van der Waals surface area contributed by atoms with Crippen LogP contribution in [0.1, 0.15) is 37.3 Å². The number of benzene rings is 1. The topological polar surface area (TPSA) is 49.0 Å². The first-order chi connectivity index (χ1) is 12.7. The average molecular weight is 387 g/mol. The molecule has 1 unspecified atom stereocenters. The van der Waals surface area contributed by atoms with Crippen molar-refractivity contribution in [2.24, 2.45) is 0 Å². The summed E-state index contributed by atoms with van der Waals surface area (Å²) in [6, 6.07) is 3.52. The minimum Gasteiger partial charge on any atom is -0.342 e. The fraction of sp³-hybridized carbons (Fsp3) is 0.444. The molecule has 1 saturated heterocycles. The summed E-state index contributed by atoms with van der Waals surface area (Å²) in [5, 5.41) is 6.81. The molecular weight excluding hydrogens is 369 g/mol. The monoisotopic (exact) mass is 387 g/mol. The lowest BCUT2D eigenvalue weighted by molar-refractivity contribution is -0.149. The molecule has 0 spiro atoms. The van der Waals surface area contributed by atoms with Crippen LogP contribution in [0, 0.1) is 11.6 Å². The molecule has 3 rings (SSSR count). The molecule has 1 amide bonds. The predicted molar refractivity (Wildman–Crippen MR) is 87.8 cm³/mol. The molecule has 0 bridgehead atoms. The quantitative estimate of drug-likeness (QED) is 0.791. The zero-order valence-corrected chi connectivity index (χ0v) is 14.3. The largest absolute Gasteiger partial charge is 0.389 e. The van der Waals surface area contributed by atoms with Crippen molar-refractivity contribution in [3.8, 4) is 11.1 Å². The number of aromatic nitrogens is 2. The molecule has 27 heavy (non-hydrogen) atoms. The van der Waals surface area contributed by atoms with Gasteiger partial charge >= 0.3 is 6.18 Å². The lowest BCUT2D eigenvalue weighted by Crippen LogP contribution is -2.39. The lowest BCUT2D eigenvalue weighted by Gasteiger charge is -2.33. The van der Waals surface area contributed by atoms with E-state index in [4.69, 9.17) is 0 Å². The molecule has 4 nitrogen and oxygen atoms in total. The van der Waals surface area contributed by atoms with Crippen LogP contribution in [-0.4, -0.2) is 40.3 Å². The van der Waals surface area contributed by atoms with Gasteiger partial charge in [0.2, 0.25) is 5.91 Å². The molecular formula is C18H18F5N3O. The number of H-pyrrole nitrogens is 1. The molecule has 0 aliphatic carbocycles. The Morgan fingerprint density at radius 2 is 2.04 bits per heavy atom. The fourth-order valence-corrected chi connectivity index (χ4v) is 3.35. The maximum Gasteiger partial charge on any atom is 0.389 e. The van der Waals surface area contributed by atoms with Crippen molar-refractivity contribution >= 4 is 5.91 Å². The first-order valence-corrected chi connectivity index (χ1v) is 8.58. The summed E-state index contributed by atoms with van der Waals surface area (Å²) in [6.07, 6.45) is -3.24. The second kappa shape index (κ2) is 7.66. The molecule has 1 aliphatic rings. The molecule has 9 heteroatoms. The molecule has 0 radical (unpaired) electrons. The number of hydrogen-bond acceptors (Lipinski definition) is 2. The van der Waals surface area contributed by atoms with Gasteiger partial charge in [-0.1, -0.05) is 6.07 Å². The van der Waals surface area contributed by atoms with Crippen molar-refractivity contribution in [3.63, 3.8) is 0 Å². The van der Waals surface area contributed by atoms with Crippen LogP contribution in [0.4, 0.5) is 22.0 Å². The molecule has 1 aromatic carbocycles.